The van der Waals surface area contributed by atoms with E-state index in [0.717, 1.165) is 29.9 Å². The Morgan fingerprint density at radius 1 is 1.56 bits per heavy atom. The molecule has 0 aromatic rings. The summed E-state index contributed by atoms with van der Waals surface area (Å²) in [5, 5.41) is 12.1. The van der Waals surface area contributed by atoms with E-state index in [1.807, 2.05) is 0 Å². The summed E-state index contributed by atoms with van der Waals surface area (Å²) >= 11 is 0. The fourth-order valence-electron chi connectivity index (χ4n) is 3.60. The molecule has 25 heavy (non-hydrogen) atoms. The second-order valence-corrected chi connectivity index (χ2v) is 6.21. The van der Waals surface area contributed by atoms with E-state index < -0.39 is 35.9 Å². The van der Waals surface area contributed by atoms with E-state index >= 15 is 0 Å². The standard InChI is InChI=1S/C16H16FN3O5/c1-7-10-6-24-13-11-8(3-2-4-18-11)5-9(17)12(13)20(10)15(21)14(19-7)25-16(22)23/h5-7,11,13,18H,2-4H2,1H3,(H,22,23). The van der Waals surface area contributed by atoms with Crippen molar-refractivity contribution in [2.24, 2.45) is 4.99 Å². The molecule has 9 heteroatoms. The highest BCUT2D eigenvalue weighted by molar-refractivity contribution is 6.38. The molecule has 0 spiro atoms. The number of ether oxygens (including phenoxy) is 2. The number of fused-ring (bicyclic) bond motifs is 5. The second kappa shape index (κ2) is 5.69. The first-order valence-electron chi connectivity index (χ1n) is 7.99. The molecule has 3 heterocycles. The summed E-state index contributed by atoms with van der Waals surface area (Å²) in [6.07, 6.45) is 2.13. The van der Waals surface area contributed by atoms with Crippen molar-refractivity contribution in [3.63, 3.8) is 0 Å². The zero-order valence-electron chi connectivity index (χ0n) is 13.4. The van der Waals surface area contributed by atoms with Gasteiger partial charge in [0.05, 0.1) is 17.8 Å². The summed E-state index contributed by atoms with van der Waals surface area (Å²) in [6.45, 7) is 2.41. The van der Waals surface area contributed by atoms with E-state index in [1.54, 1.807) is 6.92 Å². The zero-order valence-corrected chi connectivity index (χ0v) is 13.4. The summed E-state index contributed by atoms with van der Waals surface area (Å²) in [5.41, 5.74) is 1.29. The molecule has 1 aliphatic carbocycles. The second-order valence-electron chi connectivity index (χ2n) is 6.21. The summed E-state index contributed by atoms with van der Waals surface area (Å²) in [4.78, 5) is 28.5. The maximum Gasteiger partial charge on any atom is 0.512 e. The van der Waals surface area contributed by atoms with Crippen LogP contribution < -0.4 is 5.32 Å². The van der Waals surface area contributed by atoms with E-state index in [1.165, 1.54) is 12.3 Å². The fourth-order valence-corrected chi connectivity index (χ4v) is 3.60. The number of halogens is 1. The minimum atomic E-state index is -1.65. The van der Waals surface area contributed by atoms with Crippen LogP contribution in [0.1, 0.15) is 19.8 Å². The van der Waals surface area contributed by atoms with Gasteiger partial charge < -0.3 is 19.9 Å². The molecule has 1 saturated heterocycles. The van der Waals surface area contributed by atoms with E-state index in [-0.39, 0.29) is 11.7 Å². The van der Waals surface area contributed by atoms with Crippen LogP contribution in [0.5, 0.6) is 0 Å². The minimum absolute atomic E-state index is 0.0545. The number of aliphatic imine (C=N–C) groups is 1. The van der Waals surface area contributed by atoms with Gasteiger partial charge in [0.25, 0.3) is 5.90 Å². The van der Waals surface area contributed by atoms with E-state index in [0.29, 0.717) is 5.70 Å². The molecular formula is C16H16FN3O5. The predicted octanol–water partition coefficient (Wildman–Crippen LogP) is 1.42. The lowest BCUT2D eigenvalue weighted by Crippen LogP contribution is -2.56. The van der Waals surface area contributed by atoms with Crippen molar-refractivity contribution < 1.29 is 28.6 Å². The van der Waals surface area contributed by atoms with Crippen LogP contribution in [0.15, 0.2) is 40.1 Å². The van der Waals surface area contributed by atoms with Gasteiger partial charge in [-0.25, -0.2) is 14.2 Å². The normalized spacial score (nSPS) is 31.0. The third-order valence-electron chi connectivity index (χ3n) is 4.68. The number of rotatable bonds is 0. The molecule has 2 N–H and O–H groups in total. The van der Waals surface area contributed by atoms with E-state index in [9.17, 15) is 14.0 Å². The van der Waals surface area contributed by atoms with Gasteiger partial charge >= 0.3 is 12.1 Å². The third kappa shape index (κ3) is 2.42. The first-order valence-corrected chi connectivity index (χ1v) is 7.99. The van der Waals surface area contributed by atoms with Gasteiger partial charge in [-0.15, -0.1) is 0 Å². The Hall–Kier alpha value is -2.68. The van der Waals surface area contributed by atoms with Crippen molar-refractivity contribution >= 4 is 18.0 Å². The van der Waals surface area contributed by atoms with Gasteiger partial charge in [-0.3, -0.25) is 9.69 Å². The van der Waals surface area contributed by atoms with Crippen molar-refractivity contribution in [2.45, 2.75) is 38.0 Å². The summed E-state index contributed by atoms with van der Waals surface area (Å²) in [5.74, 6) is -1.97. The Kier molecular flexibility index (Phi) is 3.60. The minimum Gasteiger partial charge on any atom is -0.488 e. The van der Waals surface area contributed by atoms with Crippen LogP contribution in [0.4, 0.5) is 9.18 Å². The first kappa shape index (κ1) is 15.8. The Morgan fingerprint density at radius 2 is 2.36 bits per heavy atom. The van der Waals surface area contributed by atoms with Crippen molar-refractivity contribution in [3.8, 4) is 0 Å². The van der Waals surface area contributed by atoms with E-state index in [4.69, 9.17) is 9.84 Å². The van der Waals surface area contributed by atoms with Crippen LogP contribution in [0.25, 0.3) is 0 Å². The molecule has 3 atom stereocenters. The van der Waals surface area contributed by atoms with Crippen LogP contribution in [0.2, 0.25) is 0 Å². The molecule has 8 nitrogen and oxygen atoms in total. The molecule has 3 aliphatic heterocycles. The first-order chi connectivity index (χ1) is 12.0. The molecular weight excluding hydrogens is 333 g/mol. The van der Waals surface area contributed by atoms with Gasteiger partial charge in [0.2, 0.25) is 0 Å². The number of allylic oxidation sites excluding steroid dienone is 2. The maximum atomic E-state index is 14.8. The lowest BCUT2D eigenvalue weighted by Gasteiger charge is -2.44. The SMILES string of the molecule is CC1N=C(OC(=O)O)C(=O)N2C1=COC1C2=C(F)C=C2CCCNC21. The summed E-state index contributed by atoms with van der Waals surface area (Å²) < 4.78 is 25.0. The summed E-state index contributed by atoms with van der Waals surface area (Å²) in [6, 6.07) is -0.843. The molecule has 1 amide bonds. The Labute approximate surface area is 142 Å². The molecule has 0 aromatic heterocycles. The molecule has 0 aromatic carbocycles. The average Bonchev–Trinajstić information content (AvgIpc) is 2.58. The number of nitrogens with zero attached hydrogens (tertiary/aromatic N) is 2. The van der Waals surface area contributed by atoms with E-state index in [2.05, 4.69) is 15.0 Å². The van der Waals surface area contributed by atoms with Gasteiger partial charge in [-0.2, -0.15) is 0 Å². The van der Waals surface area contributed by atoms with Crippen molar-refractivity contribution in [1.82, 2.24) is 10.2 Å². The topological polar surface area (TPSA) is 100 Å². The third-order valence-corrected chi connectivity index (χ3v) is 4.68. The van der Waals surface area contributed by atoms with Gasteiger partial charge in [0.1, 0.15) is 17.8 Å². The number of nitrogens with one attached hydrogen (secondary N) is 1. The molecule has 0 bridgehead atoms. The van der Waals surface area contributed by atoms with Gasteiger partial charge in [-0.1, -0.05) is 0 Å². The maximum absolute atomic E-state index is 14.8. The molecule has 1 fully saturated rings. The molecule has 132 valence electrons. The highest BCUT2D eigenvalue weighted by Crippen LogP contribution is 2.40. The molecule has 3 unspecified atom stereocenters. The monoisotopic (exact) mass is 349 g/mol. The van der Waals surface area contributed by atoms with Crippen LogP contribution in [0, 0.1) is 0 Å². The number of carboxylic acid groups (broad SMARTS) is 1. The molecule has 4 aliphatic rings. The van der Waals surface area contributed by atoms with Gasteiger partial charge in [0, 0.05) is 0 Å². The molecule has 4 rings (SSSR count). The van der Waals surface area contributed by atoms with Gasteiger partial charge in [-0.05, 0) is 38.0 Å². The highest BCUT2D eigenvalue weighted by atomic mass is 19.1. The van der Waals surface area contributed by atoms with Crippen LogP contribution >= 0.6 is 0 Å². The largest absolute Gasteiger partial charge is 0.512 e. The molecule has 0 radical (unpaired) electrons. The number of hydrogen-bond acceptors (Lipinski definition) is 6. The van der Waals surface area contributed by atoms with Crippen LogP contribution in [-0.2, 0) is 14.3 Å². The molecule has 0 saturated carbocycles. The van der Waals surface area contributed by atoms with Crippen LogP contribution in [-0.4, -0.2) is 52.7 Å². The van der Waals surface area contributed by atoms with Crippen molar-refractivity contribution in [2.75, 3.05) is 6.54 Å². The Morgan fingerprint density at radius 3 is 3.12 bits per heavy atom. The zero-order chi connectivity index (χ0) is 17.7. The van der Waals surface area contributed by atoms with Crippen molar-refractivity contribution in [3.05, 3.63) is 35.1 Å². The fraction of sp³-hybridized carbons (Fsp3) is 0.438. The summed E-state index contributed by atoms with van der Waals surface area (Å²) in [7, 11) is 0. The smallest absolute Gasteiger partial charge is 0.488 e. The average molecular weight is 349 g/mol. The number of carbonyl (C=O) groups excluding carboxylic acids is 1. The Bertz CT molecular complexity index is 785. The van der Waals surface area contributed by atoms with Crippen molar-refractivity contribution in [1.29, 1.82) is 0 Å². The highest BCUT2D eigenvalue weighted by Gasteiger charge is 2.48. The lowest BCUT2D eigenvalue weighted by atomic mass is 9.86. The number of carbonyl (C=O) groups is 2. The number of amides is 1. The number of piperidine rings is 1. The van der Waals surface area contributed by atoms with Gasteiger partial charge in [0.15, 0.2) is 6.10 Å². The quantitative estimate of drug-likeness (QED) is 0.642. The number of hydrogen-bond donors (Lipinski definition) is 2. The van der Waals surface area contributed by atoms with Crippen LogP contribution in [0.3, 0.4) is 0 Å². The Balaban J connectivity index is 1.79. The predicted molar refractivity (Wildman–Crippen MR) is 83.1 cm³/mol. The lowest BCUT2D eigenvalue weighted by molar-refractivity contribution is -0.125.